The molecule has 2 aromatic rings. The van der Waals surface area contributed by atoms with Crippen LogP contribution in [0.2, 0.25) is 5.02 Å². The number of fused-ring (bicyclic) bond motifs is 2. The maximum atomic E-state index is 6.09. The molecule has 0 bridgehead atoms. The number of likely N-dealkylation sites (N-methyl/N-ethyl adjacent to an activating group) is 1. The summed E-state index contributed by atoms with van der Waals surface area (Å²) < 4.78 is 6.09. The van der Waals surface area contributed by atoms with E-state index in [0.717, 1.165) is 24.7 Å². The summed E-state index contributed by atoms with van der Waals surface area (Å²) in [5.41, 5.74) is 6.35. The molecule has 0 unspecified atom stereocenters. The number of halogens is 1. The Bertz CT molecular complexity index is 719. The van der Waals surface area contributed by atoms with Crippen LogP contribution in [0.15, 0.2) is 36.4 Å². The third-order valence-corrected chi connectivity index (χ3v) is 4.89. The number of rotatable bonds is 1. The van der Waals surface area contributed by atoms with Crippen LogP contribution in [-0.4, -0.2) is 25.0 Å². The molecular formula is C18H18ClNO. The van der Waals surface area contributed by atoms with E-state index in [4.69, 9.17) is 16.3 Å². The molecule has 2 aliphatic heterocycles. The molecule has 2 nitrogen and oxygen atoms in total. The van der Waals surface area contributed by atoms with Gasteiger partial charge < -0.3 is 4.74 Å². The molecular weight excluding hydrogens is 282 g/mol. The van der Waals surface area contributed by atoms with Crippen LogP contribution in [0.3, 0.4) is 0 Å². The quantitative estimate of drug-likeness (QED) is 0.789. The van der Waals surface area contributed by atoms with Gasteiger partial charge in [-0.15, -0.1) is 0 Å². The van der Waals surface area contributed by atoms with Crippen molar-refractivity contribution in [1.82, 2.24) is 4.90 Å². The van der Waals surface area contributed by atoms with Crippen LogP contribution >= 0.6 is 11.6 Å². The molecule has 108 valence electrons. The standard InChI is InChI=1S/C18H18ClNO/c1-12-7-15(19)4-5-16(12)13-3-6-17-14(8-13)9-21-18(17)10-20(2)11-18/h3-8H,9-11H2,1-2H3. The number of aryl methyl sites for hydroxylation is 1. The van der Waals surface area contributed by atoms with Gasteiger partial charge in [-0.3, -0.25) is 4.90 Å². The van der Waals surface area contributed by atoms with Gasteiger partial charge in [-0.2, -0.15) is 0 Å². The maximum absolute atomic E-state index is 6.09. The molecule has 2 heterocycles. The van der Waals surface area contributed by atoms with Crippen molar-refractivity contribution in [1.29, 1.82) is 0 Å². The molecule has 21 heavy (non-hydrogen) atoms. The van der Waals surface area contributed by atoms with Gasteiger partial charge in [0.25, 0.3) is 0 Å². The van der Waals surface area contributed by atoms with E-state index in [0.29, 0.717) is 0 Å². The highest BCUT2D eigenvalue weighted by Gasteiger charge is 2.48. The fourth-order valence-corrected chi connectivity index (χ4v) is 3.88. The van der Waals surface area contributed by atoms with Crippen LogP contribution < -0.4 is 0 Å². The molecule has 2 aromatic carbocycles. The van der Waals surface area contributed by atoms with Gasteiger partial charge in [-0.1, -0.05) is 29.8 Å². The van der Waals surface area contributed by atoms with E-state index in [1.165, 1.54) is 27.8 Å². The topological polar surface area (TPSA) is 12.5 Å². The van der Waals surface area contributed by atoms with E-state index in [2.05, 4.69) is 43.1 Å². The molecule has 0 atom stereocenters. The fourth-order valence-electron chi connectivity index (χ4n) is 3.66. The smallest absolute Gasteiger partial charge is 0.119 e. The van der Waals surface area contributed by atoms with Crippen LogP contribution in [0.5, 0.6) is 0 Å². The Labute approximate surface area is 130 Å². The van der Waals surface area contributed by atoms with E-state index in [-0.39, 0.29) is 5.60 Å². The summed E-state index contributed by atoms with van der Waals surface area (Å²) in [7, 11) is 2.14. The Morgan fingerprint density at radius 3 is 2.67 bits per heavy atom. The van der Waals surface area contributed by atoms with Crippen molar-refractivity contribution < 1.29 is 4.74 Å². The second-order valence-corrected chi connectivity index (χ2v) is 6.72. The third kappa shape index (κ3) is 2.02. The monoisotopic (exact) mass is 299 g/mol. The largest absolute Gasteiger partial charge is 0.363 e. The summed E-state index contributed by atoms with van der Waals surface area (Å²) in [4.78, 5) is 2.30. The van der Waals surface area contributed by atoms with Crippen LogP contribution in [-0.2, 0) is 16.9 Å². The fraction of sp³-hybridized carbons (Fsp3) is 0.333. The first-order valence-corrected chi connectivity index (χ1v) is 7.68. The van der Waals surface area contributed by atoms with Gasteiger partial charge in [0.15, 0.2) is 0 Å². The van der Waals surface area contributed by atoms with Crippen molar-refractivity contribution in [3.05, 3.63) is 58.1 Å². The van der Waals surface area contributed by atoms with Gasteiger partial charge in [0.05, 0.1) is 6.61 Å². The van der Waals surface area contributed by atoms with Crippen molar-refractivity contribution in [2.24, 2.45) is 0 Å². The Morgan fingerprint density at radius 1 is 1.14 bits per heavy atom. The minimum absolute atomic E-state index is 0.0440. The number of likely N-dealkylation sites (tertiary alicyclic amines) is 1. The lowest BCUT2D eigenvalue weighted by Crippen LogP contribution is -2.57. The Morgan fingerprint density at radius 2 is 1.95 bits per heavy atom. The highest BCUT2D eigenvalue weighted by atomic mass is 35.5. The number of hydrogen-bond acceptors (Lipinski definition) is 2. The minimum atomic E-state index is -0.0440. The van der Waals surface area contributed by atoms with Crippen molar-refractivity contribution in [3.63, 3.8) is 0 Å². The van der Waals surface area contributed by atoms with Crippen LogP contribution in [0.1, 0.15) is 16.7 Å². The van der Waals surface area contributed by atoms with E-state index in [1.54, 1.807) is 0 Å². The van der Waals surface area contributed by atoms with Gasteiger partial charge in [0.1, 0.15) is 5.60 Å². The molecule has 0 aliphatic carbocycles. The number of ether oxygens (including phenoxy) is 1. The number of hydrogen-bond donors (Lipinski definition) is 0. The normalized spacial score (nSPS) is 19.6. The van der Waals surface area contributed by atoms with Crippen LogP contribution in [0.4, 0.5) is 0 Å². The van der Waals surface area contributed by atoms with E-state index in [9.17, 15) is 0 Å². The summed E-state index contributed by atoms with van der Waals surface area (Å²) in [6, 6.07) is 12.8. The summed E-state index contributed by atoms with van der Waals surface area (Å²) in [6.07, 6.45) is 0. The molecule has 0 amide bonds. The summed E-state index contributed by atoms with van der Waals surface area (Å²) >= 11 is 6.05. The molecule has 0 N–H and O–H groups in total. The first kappa shape index (κ1) is 13.3. The zero-order valence-corrected chi connectivity index (χ0v) is 13.1. The predicted octanol–water partition coefficient (Wildman–Crippen LogP) is 3.99. The molecule has 0 saturated carbocycles. The van der Waals surface area contributed by atoms with Gasteiger partial charge in [-0.05, 0) is 60.0 Å². The van der Waals surface area contributed by atoms with E-state index in [1.807, 2.05) is 12.1 Å². The molecule has 4 rings (SSSR count). The second-order valence-electron chi connectivity index (χ2n) is 6.29. The van der Waals surface area contributed by atoms with Crippen molar-refractivity contribution in [2.75, 3.05) is 20.1 Å². The maximum Gasteiger partial charge on any atom is 0.119 e. The van der Waals surface area contributed by atoms with E-state index >= 15 is 0 Å². The Balaban J connectivity index is 1.74. The molecule has 1 saturated heterocycles. The number of nitrogens with zero attached hydrogens (tertiary/aromatic N) is 1. The highest BCUT2D eigenvalue weighted by Crippen LogP contribution is 2.44. The van der Waals surface area contributed by atoms with Gasteiger partial charge in [0.2, 0.25) is 0 Å². The van der Waals surface area contributed by atoms with Crippen molar-refractivity contribution >= 4 is 11.6 Å². The zero-order chi connectivity index (χ0) is 14.6. The highest BCUT2D eigenvalue weighted by molar-refractivity contribution is 6.30. The molecule has 3 heteroatoms. The van der Waals surface area contributed by atoms with Gasteiger partial charge in [0, 0.05) is 18.1 Å². The second kappa shape index (κ2) is 4.57. The predicted molar refractivity (Wildman–Crippen MR) is 85.6 cm³/mol. The molecule has 2 aliphatic rings. The van der Waals surface area contributed by atoms with Crippen LogP contribution in [0, 0.1) is 6.92 Å². The number of benzene rings is 2. The van der Waals surface area contributed by atoms with Gasteiger partial charge >= 0.3 is 0 Å². The first-order valence-electron chi connectivity index (χ1n) is 7.30. The average molecular weight is 300 g/mol. The van der Waals surface area contributed by atoms with Gasteiger partial charge in [-0.25, -0.2) is 0 Å². The van der Waals surface area contributed by atoms with Crippen molar-refractivity contribution in [2.45, 2.75) is 19.1 Å². The molecule has 0 aromatic heterocycles. The minimum Gasteiger partial charge on any atom is -0.363 e. The Kier molecular flexibility index (Phi) is 2.90. The SMILES string of the molecule is Cc1cc(Cl)ccc1-c1ccc2c(c1)COC21CN(C)C1. The molecule has 1 fully saturated rings. The molecule has 0 radical (unpaired) electrons. The average Bonchev–Trinajstić information content (AvgIpc) is 2.78. The molecule has 1 spiro atoms. The Hall–Kier alpha value is -1.35. The first-order chi connectivity index (χ1) is 10.1. The zero-order valence-electron chi connectivity index (χ0n) is 12.3. The van der Waals surface area contributed by atoms with E-state index < -0.39 is 0 Å². The lowest BCUT2D eigenvalue weighted by atomic mass is 9.84. The summed E-state index contributed by atoms with van der Waals surface area (Å²) in [6.45, 7) is 4.83. The summed E-state index contributed by atoms with van der Waals surface area (Å²) in [5, 5.41) is 0.789. The third-order valence-electron chi connectivity index (χ3n) is 4.65. The van der Waals surface area contributed by atoms with Crippen molar-refractivity contribution in [3.8, 4) is 11.1 Å². The summed E-state index contributed by atoms with van der Waals surface area (Å²) in [5.74, 6) is 0. The lowest BCUT2D eigenvalue weighted by molar-refractivity contribution is -0.132. The van der Waals surface area contributed by atoms with Crippen LogP contribution in [0.25, 0.3) is 11.1 Å². The lowest BCUT2D eigenvalue weighted by Gasteiger charge is -2.45.